The first kappa shape index (κ1) is 25.7. The highest BCUT2D eigenvalue weighted by Crippen LogP contribution is 2.38. The van der Waals surface area contributed by atoms with Crippen molar-refractivity contribution < 1.29 is 23.5 Å². The molecule has 1 fully saturated rings. The largest absolute Gasteiger partial charge is 0.455 e. The minimum absolute atomic E-state index is 0.116. The number of nitrogens with zero attached hydrogens (tertiary/aromatic N) is 2. The molecule has 1 saturated heterocycles. The van der Waals surface area contributed by atoms with Crippen LogP contribution in [-0.4, -0.2) is 35.3 Å². The summed E-state index contributed by atoms with van der Waals surface area (Å²) in [6.07, 6.45) is 2.37. The van der Waals surface area contributed by atoms with E-state index < -0.39 is 23.1 Å². The minimum Gasteiger partial charge on any atom is -0.455 e. The van der Waals surface area contributed by atoms with E-state index in [4.69, 9.17) is 32.7 Å². The number of ether oxygens (including phenoxy) is 2. The third-order valence-corrected chi connectivity index (χ3v) is 6.60. The van der Waals surface area contributed by atoms with Crippen LogP contribution in [0.4, 0.5) is 4.39 Å². The number of fused-ring (bicyclic) bond motifs is 1. The summed E-state index contributed by atoms with van der Waals surface area (Å²) in [5, 5.41) is 12.0. The van der Waals surface area contributed by atoms with Crippen LogP contribution in [0.25, 0.3) is 10.8 Å². The molecule has 1 aliphatic heterocycles. The van der Waals surface area contributed by atoms with Crippen LogP contribution in [0.3, 0.4) is 0 Å². The molecular formula is C27H23Cl2FN2O4. The molecule has 0 aromatic heterocycles. The second kappa shape index (κ2) is 10.7. The molecule has 36 heavy (non-hydrogen) atoms. The molecule has 6 nitrogen and oxygen atoms in total. The number of benzene rings is 3. The van der Waals surface area contributed by atoms with Gasteiger partial charge < -0.3 is 14.4 Å². The van der Waals surface area contributed by atoms with E-state index in [1.165, 1.54) is 11.8 Å². The lowest BCUT2D eigenvalue weighted by Crippen LogP contribution is -2.58. The molecule has 0 N–H and O–H groups in total. The number of ketones is 1. The van der Waals surface area contributed by atoms with E-state index in [0.717, 1.165) is 42.2 Å². The molecule has 3 aromatic carbocycles. The number of carbonyl (C=O) groups is 2. The number of rotatable bonds is 7. The Labute approximate surface area is 218 Å². The Balaban J connectivity index is 1.69. The van der Waals surface area contributed by atoms with Gasteiger partial charge in [-0.25, -0.2) is 4.39 Å². The molecule has 0 radical (unpaired) electrons. The summed E-state index contributed by atoms with van der Waals surface area (Å²) in [4.78, 5) is 27.7. The number of halogens is 3. The van der Waals surface area contributed by atoms with Gasteiger partial charge in [-0.1, -0.05) is 42.3 Å². The first-order valence-electron chi connectivity index (χ1n) is 11.6. The standard InChI is InChI=1S/C27H23Cl2FN2O4/c1-2-25(33)27(16-31,26(34)32-10-4-3-5-11-32)36-23-15-24(22(30)14-21(23)29)35-20-9-7-17-6-8-19(28)12-18(17)13-20/h6-9,12-15H,2-5,10-11H2,1H3. The lowest BCUT2D eigenvalue weighted by atomic mass is 9.94. The SMILES string of the molecule is CCC(=O)C(C#N)(Oc1cc(Oc2ccc3ccc(Cl)cc3c2)c(F)cc1Cl)C(=O)N1CCCCC1. The Kier molecular flexibility index (Phi) is 7.67. The van der Waals surface area contributed by atoms with Crippen LogP contribution in [0.2, 0.25) is 10.0 Å². The highest BCUT2D eigenvalue weighted by molar-refractivity contribution is 6.32. The van der Waals surface area contributed by atoms with E-state index in [1.807, 2.05) is 6.07 Å². The average Bonchev–Trinajstić information content (AvgIpc) is 2.89. The van der Waals surface area contributed by atoms with E-state index in [2.05, 4.69) is 0 Å². The molecule has 4 rings (SSSR count). The van der Waals surface area contributed by atoms with Crippen molar-refractivity contribution >= 4 is 45.7 Å². The maximum Gasteiger partial charge on any atom is 0.330 e. The van der Waals surface area contributed by atoms with Crippen LogP contribution in [0.5, 0.6) is 17.2 Å². The number of carbonyl (C=O) groups excluding carboxylic acids is 2. The molecule has 0 saturated carbocycles. The molecule has 186 valence electrons. The molecule has 1 heterocycles. The van der Waals surface area contributed by atoms with E-state index in [-0.39, 0.29) is 22.9 Å². The van der Waals surface area contributed by atoms with Gasteiger partial charge in [-0.05, 0) is 54.3 Å². The van der Waals surface area contributed by atoms with E-state index in [9.17, 15) is 19.2 Å². The normalized spacial score (nSPS) is 15.1. The van der Waals surface area contributed by atoms with Crippen LogP contribution in [0.1, 0.15) is 32.6 Å². The second-order valence-corrected chi connectivity index (χ2v) is 9.34. The molecule has 1 aliphatic rings. The molecule has 3 aromatic rings. The topological polar surface area (TPSA) is 79.6 Å². The summed E-state index contributed by atoms with van der Waals surface area (Å²) in [5.74, 6) is -2.40. The van der Waals surface area contributed by atoms with Gasteiger partial charge in [-0.2, -0.15) is 5.26 Å². The van der Waals surface area contributed by atoms with Crippen LogP contribution in [-0.2, 0) is 9.59 Å². The van der Waals surface area contributed by atoms with Crippen LogP contribution >= 0.6 is 23.2 Å². The Hall–Kier alpha value is -3.34. The summed E-state index contributed by atoms with van der Waals surface area (Å²) < 4.78 is 26.3. The number of nitriles is 1. The second-order valence-electron chi connectivity index (χ2n) is 8.49. The predicted octanol–water partition coefficient (Wildman–Crippen LogP) is 6.71. The number of likely N-dealkylation sites (tertiary alicyclic amines) is 1. The summed E-state index contributed by atoms with van der Waals surface area (Å²) >= 11 is 12.3. The van der Waals surface area contributed by atoms with Crippen molar-refractivity contribution in [2.75, 3.05) is 13.1 Å². The van der Waals surface area contributed by atoms with Gasteiger partial charge in [-0.3, -0.25) is 9.59 Å². The lowest BCUT2D eigenvalue weighted by molar-refractivity contribution is -0.152. The van der Waals surface area contributed by atoms with Gasteiger partial charge in [0.05, 0.1) is 5.02 Å². The predicted molar refractivity (Wildman–Crippen MR) is 135 cm³/mol. The van der Waals surface area contributed by atoms with E-state index >= 15 is 0 Å². The van der Waals surface area contributed by atoms with Crippen molar-refractivity contribution in [2.45, 2.75) is 38.2 Å². The highest BCUT2D eigenvalue weighted by atomic mass is 35.5. The Morgan fingerprint density at radius 3 is 2.44 bits per heavy atom. The monoisotopic (exact) mass is 528 g/mol. The summed E-state index contributed by atoms with van der Waals surface area (Å²) in [7, 11) is 0. The molecule has 1 atom stereocenters. The molecule has 0 bridgehead atoms. The zero-order valence-corrected chi connectivity index (χ0v) is 21.0. The molecule has 1 unspecified atom stereocenters. The number of hydrogen-bond donors (Lipinski definition) is 0. The molecule has 1 amide bonds. The molecular weight excluding hydrogens is 506 g/mol. The lowest BCUT2D eigenvalue weighted by Gasteiger charge is -2.34. The van der Waals surface area contributed by atoms with Crippen molar-refractivity contribution in [1.82, 2.24) is 4.90 Å². The number of amides is 1. The maximum atomic E-state index is 14.8. The third-order valence-electron chi connectivity index (χ3n) is 6.07. The van der Waals surface area contributed by atoms with Crippen molar-refractivity contribution in [2.24, 2.45) is 0 Å². The minimum atomic E-state index is -2.44. The fourth-order valence-electron chi connectivity index (χ4n) is 4.14. The zero-order chi connectivity index (χ0) is 25.9. The van der Waals surface area contributed by atoms with Crippen LogP contribution in [0.15, 0.2) is 48.5 Å². The van der Waals surface area contributed by atoms with Gasteiger partial charge in [0.25, 0.3) is 5.91 Å². The number of Topliss-reactive ketones (excluding diaryl/α,β-unsaturated/α-hetero) is 1. The van der Waals surface area contributed by atoms with Crippen molar-refractivity contribution in [3.63, 3.8) is 0 Å². The first-order chi connectivity index (χ1) is 17.3. The Morgan fingerprint density at radius 2 is 1.75 bits per heavy atom. The highest BCUT2D eigenvalue weighted by Gasteiger charge is 2.51. The summed E-state index contributed by atoms with van der Waals surface area (Å²) in [6, 6.07) is 14.4. The summed E-state index contributed by atoms with van der Waals surface area (Å²) in [6.45, 7) is 2.37. The average molecular weight is 529 g/mol. The van der Waals surface area contributed by atoms with Crippen molar-refractivity contribution in [1.29, 1.82) is 5.26 Å². The zero-order valence-electron chi connectivity index (χ0n) is 19.5. The fourth-order valence-corrected chi connectivity index (χ4v) is 4.51. The van der Waals surface area contributed by atoms with Crippen molar-refractivity contribution in [3.8, 4) is 23.3 Å². The fraction of sp³-hybridized carbons (Fsp3) is 0.296. The van der Waals surface area contributed by atoms with E-state index in [0.29, 0.717) is 23.9 Å². The van der Waals surface area contributed by atoms with Crippen LogP contribution in [0, 0.1) is 17.1 Å². The molecule has 0 aliphatic carbocycles. The number of hydrogen-bond acceptors (Lipinski definition) is 5. The smallest absolute Gasteiger partial charge is 0.330 e. The van der Waals surface area contributed by atoms with Gasteiger partial charge in [-0.15, -0.1) is 0 Å². The van der Waals surface area contributed by atoms with Gasteiger partial charge in [0.1, 0.15) is 17.6 Å². The Morgan fingerprint density at radius 1 is 1.03 bits per heavy atom. The number of piperidine rings is 1. The molecule has 9 heteroatoms. The first-order valence-corrected chi connectivity index (χ1v) is 12.3. The molecule has 0 spiro atoms. The third kappa shape index (κ3) is 5.11. The van der Waals surface area contributed by atoms with Crippen LogP contribution < -0.4 is 9.47 Å². The quantitative estimate of drug-likeness (QED) is 0.318. The van der Waals surface area contributed by atoms with Gasteiger partial charge in [0, 0.05) is 36.7 Å². The Bertz CT molecular complexity index is 1370. The maximum absolute atomic E-state index is 14.8. The van der Waals surface area contributed by atoms with Gasteiger partial charge in [0.15, 0.2) is 11.6 Å². The van der Waals surface area contributed by atoms with Gasteiger partial charge >= 0.3 is 5.60 Å². The van der Waals surface area contributed by atoms with Crippen molar-refractivity contribution in [3.05, 3.63) is 64.4 Å². The van der Waals surface area contributed by atoms with Gasteiger partial charge in [0.2, 0.25) is 5.78 Å². The van der Waals surface area contributed by atoms with E-state index in [1.54, 1.807) is 36.4 Å². The summed E-state index contributed by atoms with van der Waals surface area (Å²) in [5.41, 5.74) is -2.44.